The summed E-state index contributed by atoms with van der Waals surface area (Å²) >= 11 is 0. The van der Waals surface area contributed by atoms with Crippen LogP contribution >= 0.6 is 0 Å². The lowest BCUT2D eigenvalue weighted by atomic mass is 9.75. The molecule has 19 heavy (non-hydrogen) atoms. The normalized spacial score (nSPS) is 15.0. The molecule has 106 valence electrons. The Morgan fingerprint density at radius 3 is 2.26 bits per heavy atom. The number of aliphatic carboxylic acids is 1. The van der Waals surface area contributed by atoms with Gasteiger partial charge in [0.15, 0.2) is 0 Å². The molecule has 3 nitrogen and oxygen atoms in total. The highest BCUT2D eigenvalue weighted by Gasteiger charge is 2.36. The highest BCUT2D eigenvalue weighted by Crippen LogP contribution is 2.36. The number of hydrogen-bond donors (Lipinski definition) is 2. The van der Waals surface area contributed by atoms with E-state index in [1.54, 1.807) is 6.92 Å². The van der Waals surface area contributed by atoms with E-state index in [4.69, 9.17) is 5.73 Å². The third-order valence-corrected chi connectivity index (χ3v) is 3.74. The standard InChI is InChI=1S/C16H25NO2/c1-6-9-16(5,14(18)19)12-10-11(15(2,3)4)7-8-13(12)17/h7-8,10H,6,9,17H2,1-5H3,(H,18,19). The van der Waals surface area contributed by atoms with Gasteiger partial charge in [-0.15, -0.1) is 0 Å². The minimum atomic E-state index is -0.917. The van der Waals surface area contributed by atoms with Crippen LogP contribution in [0.25, 0.3) is 0 Å². The van der Waals surface area contributed by atoms with Crippen molar-refractivity contribution in [3.8, 4) is 0 Å². The number of benzene rings is 1. The van der Waals surface area contributed by atoms with Crippen LogP contribution in [0, 0.1) is 0 Å². The van der Waals surface area contributed by atoms with Crippen LogP contribution in [0.15, 0.2) is 18.2 Å². The molecule has 0 aliphatic carbocycles. The lowest BCUT2D eigenvalue weighted by Crippen LogP contribution is -2.33. The zero-order valence-corrected chi connectivity index (χ0v) is 12.6. The van der Waals surface area contributed by atoms with Crippen molar-refractivity contribution in [2.24, 2.45) is 0 Å². The summed E-state index contributed by atoms with van der Waals surface area (Å²) in [6.45, 7) is 10.1. The average Bonchev–Trinajstić information content (AvgIpc) is 2.27. The molecule has 1 aromatic rings. The van der Waals surface area contributed by atoms with Crippen molar-refractivity contribution >= 4 is 11.7 Å². The van der Waals surface area contributed by atoms with Gasteiger partial charge in [-0.1, -0.05) is 46.2 Å². The Hall–Kier alpha value is -1.51. The summed E-state index contributed by atoms with van der Waals surface area (Å²) in [5, 5.41) is 9.58. The second kappa shape index (κ2) is 5.24. The molecule has 0 saturated carbocycles. The fourth-order valence-corrected chi connectivity index (χ4v) is 2.36. The molecule has 0 aliphatic heterocycles. The maximum atomic E-state index is 11.7. The van der Waals surface area contributed by atoms with Gasteiger partial charge >= 0.3 is 5.97 Å². The average molecular weight is 263 g/mol. The summed E-state index contributed by atoms with van der Waals surface area (Å²) in [5.74, 6) is -0.813. The van der Waals surface area contributed by atoms with E-state index >= 15 is 0 Å². The fourth-order valence-electron chi connectivity index (χ4n) is 2.36. The Kier molecular flexibility index (Phi) is 4.28. The molecule has 0 radical (unpaired) electrons. The molecule has 1 rings (SSSR count). The minimum Gasteiger partial charge on any atom is -0.481 e. The van der Waals surface area contributed by atoms with Crippen LogP contribution in [0.2, 0.25) is 0 Å². The lowest BCUT2D eigenvalue weighted by Gasteiger charge is -2.29. The van der Waals surface area contributed by atoms with Crippen LogP contribution in [0.5, 0.6) is 0 Å². The summed E-state index contributed by atoms with van der Waals surface area (Å²) in [7, 11) is 0. The van der Waals surface area contributed by atoms with Crippen LogP contribution in [-0.4, -0.2) is 11.1 Å². The van der Waals surface area contributed by atoms with Crippen molar-refractivity contribution in [3.63, 3.8) is 0 Å². The van der Waals surface area contributed by atoms with E-state index in [0.29, 0.717) is 12.1 Å². The van der Waals surface area contributed by atoms with Crippen molar-refractivity contribution in [2.75, 3.05) is 5.73 Å². The zero-order valence-electron chi connectivity index (χ0n) is 12.6. The lowest BCUT2D eigenvalue weighted by molar-refractivity contribution is -0.143. The number of carboxylic acids is 1. The highest BCUT2D eigenvalue weighted by molar-refractivity contribution is 5.83. The Morgan fingerprint density at radius 1 is 1.26 bits per heavy atom. The number of hydrogen-bond acceptors (Lipinski definition) is 2. The maximum Gasteiger partial charge on any atom is 0.313 e. The zero-order chi connectivity index (χ0) is 14.8. The summed E-state index contributed by atoms with van der Waals surface area (Å²) in [4.78, 5) is 11.7. The summed E-state index contributed by atoms with van der Waals surface area (Å²) in [6.07, 6.45) is 1.39. The van der Waals surface area contributed by atoms with E-state index in [9.17, 15) is 9.90 Å². The van der Waals surface area contributed by atoms with E-state index in [-0.39, 0.29) is 5.41 Å². The molecule has 0 heterocycles. The first-order chi connectivity index (χ1) is 8.63. The minimum absolute atomic E-state index is 0.0198. The molecule has 3 N–H and O–H groups in total. The molecular formula is C16H25NO2. The first-order valence-corrected chi connectivity index (χ1v) is 6.77. The van der Waals surface area contributed by atoms with Gasteiger partial charge in [-0.2, -0.15) is 0 Å². The number of anilines is 1. The molecule has 0 saturated heterocycles. The van der Waals surface area contributed by atoms with Crippen LogP contribution < -0.4 is 5.73 Å². The smallest absolute Gasteiger partial charge is 0.313 e. The van der Waals surface area contributed by atoms with E-state index in [1.165, 1.54) is 0 Å². The Bertz CT molecular complexity index is 474. The fraction of sp³-hybridized carbons (Fsp3) is 0.562. The van der Waals surface area contributed by atoms with Crippen molar-refractivity contribution in [2.45, 2.75) is 58.3 Å². The van der Waals surface area contributed by atoms with Gasteiger partial charge in [0.25, 0.3) is 0 Å². The largest absolute Gasteiger partial charge is 0.481 e. The van der Waals surface area contributed by atoms with Gasteiger partial charge in [-0.3, -0.25) is 4.79 Å². The third kappa shape index (κ3) is 3.09. The van der Waals surface area contributed by atoms with E-state index in [0.717, 1.165) is 17.5 Å². The SMILES string of the molecule is CCCC(C)(C(=O)O)c1cc(C(C)(C)C)ccc1N. The molecule has 0 spiro atoms. The van der Waals surface area contributed by atoms with Crippen molar-refractivity contribution in [3.05, 3.63) is 29.3 Å². The summed E-state index contributed by atoms with van der Waals surface area (Å²) in [6, 6.07) is 5.76. The maximum absolute atomic E-state index is 11.7. The molecule has 1 atom stereocenters. The van der Waals surface area contributed by atoms with Crippen LogP contribution in [0.1, 0.15) is 58.6 Å². The van der Waals surface area contributed by atoms with E-state index < -0.39 is 11.4 Å². The number of carbonyl (C=O) groups is 1. The van der Waals surface area contributed by atoms with Crippen LogP contribution in [-0.2, 0) is 15.6 Å². The molecule has 0 aliphatic rings. The third-order valence-electron chi connectivity index (χ3n) is 3.74. The summed E-state index contributed by atoms with van der Waals surface area (Å²) in [5.41, 5.74) is 7.49. The number of rotatable bonds is 4. The topological polar surface area (TPSA) is 63.3 Å². The van der Waals surface area contributed by atoms with Gasteiger partial charge in [0.05, 0.1) is 5.41 Å². The highest BCUT2D eigenvalue weighted by atomic mass is 16.4. The molecule has 0 fully saturated rings. The quantitative estimate of drug-likeness (QED) is 0.814. The van der Waals surface area contributed by atoms with Crippen LogP contribution in [0.3, 0.4) is 0 Å². The second-order valence-electron chi connectivity index (χ2n) is 6.44. The Morgan fingerprint density at radius 2 is 1.84 bits per heavy atom. The van der Waals surface area contributed by atoms with Crippen molar-refractivity contribution < 1.29 is 9.90 Å². The molecule has 0 bridgehead atoms. The molecule has 0 aromatic heterocycles. The van der Waals surface area contributed by atoms with Crippen molar-refractivity contribution in [1.82, 2.24) is 0 Å². The Balaban J connectivity index is 3.43. The molecule has 1 aromatic carbocycles. The first kappa shape index (κ1) is 15.5. The van der Waals surface area contributed by atoms with Crippen molar-refractivity contribution in [1.29, 1.82) is 0 Å². The van der Waals surface area contributed by atoms with Gasteiger partial charge in [0.1, 0.15) is 0 Å². The number of nitrogens with two attached hydrogens (primary N) is 1. The van der Waals surface area contributed by atoms with Gasteiger partial charge in [-0.05, 0) is 36.0 Å². The van der Waals surface area contributed by atoms with E-state index in [2.05, 4.69) is 20.8 Å². The van der Waals surface area contributed by atoms with Gasteiger partial charge < -0.3 is 10.8 Å². The van der Waals surface area contributed by atoms with Gasteiger partial charge in [-0.25, -0.2) is 0 Å². The predicted octanol–water partition coefficient (Wildman–Crippen LogP) is 3.71. The predicted molar refractivity (Wildman–Crippen MR) is 79.5 cm³/mol. The van der Waals surface area contributed by atoms with E-state index in [1.807, 2.05) is 25.1 Å². The molecular weight excluding hydrogens is 238 g/mol. The summed E-state index contributed by atoms with van der Waals surface area (Å²) < 4.78 is 0. The molecule has 1 unspecified atom stereocenters. The molecule has 0 amide bonds. The number of carboxylic acid groups (broad SMARTS) is 1. The Labute approximate surface area is 115 Å². The van der Waals surface area contributed by atoms with Gasteiger partial charge in [0, 0.05) is 5.69 Å². The first-order valence-electron chi connectivity index (χ1n) is 6.77. The number of nitrogen functional groups attached to an aromatic ring is 1. The van der Waals surface area contributed by atoms with Gasteiger partial charge in [0.2, 0.25) is 0 Å². The molecule has 3 heteroatoms. The van der Waals surface area contributed by atoms with Crippen LogP contribution in [0.4, 0.5) is 5.69 Å². The second-order valence-corrected chi connectivity index (χ2v) is 6.44. The monoisotopic (exact) mass is 263 g/mol.